The Labute approximate surface area is 131 Å². The van der Waals surface area contributed by atoms with E-state index in [1.165, 1.54) is 24.3 Å². The van der Waals surface area contributed by atoms with Crippen molar-refractivity contribution in [2.75, 3.05) is 12.4 Å². The molecule has 2 aromatic rings. The van der Waals surface area contributed by atoms with Gasteiger partial charge in [-0.1, -0.05) is 18.2 Å². The fraction of sp³-hybridized carbons (Fsp3) is 0.133. The average Bonchev–Trinajstić information content (AvgIpc) is 2.53. The van der Waals surface area contributed by atoms with Crippen molar-refractivity contribution in [1.29, 1.82) is 0 Å². The van der Waals surface area contributed by atoms with Crippen molar-refractivity contribution in [3.05, 3.63) is 64.7 Å². The molecule has 0 aliphatic rings. The molecule has 0 amide bonds. The highest BCUT2D eigenvalue weighted by molar-refractivity contribution is 7.99. The molecule has 22 heavy (non-hydrogen) atoms. The standard InChI is InChI=1S/C15H13NO5S/c17-15(20-10-11-22-14-4-2-1-3-5-14)21-13-8-6-12(7-9-13)16(18)19/h1-9H,10-11H2. The molecule has 0 radical (unpaired) electrons. The Morgan fingerprint density at radius 3 is 2.41 bits per heavy atom. The van der Waals surface area contributed by atoms with Crippen LogP contribution in [0.25, 0.3) is 0 Å². The van der Waals surface area contributed by atoms with Crippen molar-refractivity contribution >= 4 is 23.6 Å². The molecule has 2 rings (SSSR count). The van der Waals surface area contributed by atoms with E-state index in [4.69, 9.17) is 9.47 Å². The number of rotatable bonds is 6. The van der Waals surface area contributed by atoms with Crippen LogP contribution in [-0.2, 0) is 4.74 Å². The van der Waals surface area contributed by atoms with Gasteiger partial charge in [0.05, 0.1) is 4.92 Å². The van der Waals surface area contributed by atoms with E-state index in [0.717, 1.165) is 4.90 Å². The molecular formula is C15H13NO5S. The average molecular weight is 319 g/mol. The summed E-state index contributed by atoms with van der Waals surface area (Å²) in [5, 5.41) is 10.5. The third-order valence-electron chi connectivity index (χ3n) is 2.56. The zero-order valence-corrected chi connectivity index (χ0v) is 12.3. The Bertz CT molecular complexity index is 630. The monoisotopic (exact) mass is 319 g/mol. The number of non-ortho nitro benzene ring substituents is 1. The number of hydrogen-bond donors (Lipinski definition) is 0. The van der Waals surface area contributed by atoms with Crippen LogP contribution in [0.1, 0.15) is 0 Å². The first-order valence-corrected chi connectivity index (χ1v) is 7.40. The number of carbonyl (C=O) groups is 1. The van der Waals surface area contributed by atoms with Gasteiger partial charge in [0.2, 0.25) is 0 Å². The van der Waals surface area contributed by atoms with Gasteiger partial charge in [0.25, 0.3) is 5.69 Å². The maximum absolute atomic E-state index is 11.5. The summed E-state index contributed by atoms with van der Waals surface area (Å²) in [6.45, 7) is 0.214. The minimum absolute atomic E-state index is 0.0695. The SMILES string of the molecule is O=C(OCCSc1ccccc1)Oc1ccc([N+](=O)[O-])cc1. The Morgan fingerprint density at radius 2 is 1.77 bits per heavy atom. The third kappa shape index (κ3) is 5.10. The molecule has 0 heterocycles. The first-order chi connectivity index (χ1) is 10.6. The summed E-state index contributed by atoms with van der Waals surface area (Å²) in [7, 11) is 0. The second kappa shape index (κ2) is 8.04. The highest BCUT2D eigenvalue weighted by atomic mass is 32.2. The predicted molar refractivity (Wildman–Crippen MR) is 82.2 cm³/mol. The molecule has 6 nitrogen and oxygen atoms in total. The summed E-state index contributed by atoms with van der Waals surface area (Å²) in [6.07, 6.45) is -0.831. The number of carbonyl (C=O) groups excluding carboxylic acids is 1. The van der Waals surface area contributed by atoms with Gasteiger partial charge in [0.15, 0.2) is 0 Å². The van der Waals surface area contributed by atoms with Crippen LogP contribution >= 0.6 is 11.8 Å². The molecule has 0 saturated carbocycles. The van der Waals surface area contributed by atoms with Crippen molar-refractivity contribution in [2.45, 2.75) is 4.90 Å². The highest BCUT2D eigenvalue weighted by Crippen LogP contribution is 2.18. The van der Waals surface area contributed by atoms with Gasteiger partial charge in [-0.2, -0.15) is 0 Å². The lowest BCUT2D eigenvalue weighted by Crippen LogP contribution is -2.12. The van der Waals surface area contributed by atoms with Crippen LogP contribution in [0.2, 0.25) is 0 Å². The van der Waals surface area contributed by atoms with E-state index < -0.39 is 11.1 Å². The first-order valence-electron chi connectivity index (χ1n) is 6.42. The first kappa shape index (κ1) is 15.8. The molecule has 0 atom stereocenters. The summed E-state index contributed by atoms with van der Waals surface area (Å²) in [5.74, 6) is 0.811. The van der Waals surface area contributed by atoms with Gasteiger partial charge in [0, 0.05) is 22.8 Å². The minimum Gasteiger partial charge on any atom is -0.433 e. The van der Waals surface area contributed by atoms with E-state index in [-0.39, 0.29) is 18.0 Å². The summed E-state index contributed by atoms with van der Waals surface area (Å²) in [4.78, 5) is 22.5. The van der Waals surface area contributed by atoms with Crippen molar-refractivity contribution < 1.29 is 19.2 Å². The summed E-state index contributed by atoms with van der Waals surface area (Å²) in [5.41, 5.74) is -0.0695. The van der Waals surface area contributed by atoms with Crippen LogP contribution in [-0.4, -0.2) is 23.4 Å². The van der Waals surface area contributed by atoms with E-state index in [9.17, 15) is 14.9 Å². The molecule has 0 unspecified atom stereocenters. The van der Waals surface area contributed by atoms with Gasteiger partial charge in [-0.3, -0.25) is 10.1 Å². The van der Waals surface area contributed by atoms with E-state index >= 15 is 0 Å². The fourth-order valence-corrected chi connectivity index (χ4v) is 2.31. The maximum Gasteiger partial charge on any atom is 0.513 e. The number of nitrogens with zero attached hydrogens (tertiary/aromatic N) is 1. The van der Waals surface area contributed by atoms with Crippen LogP contribution in [0.4, 0.5) is 10.5 Å². The van der Waals surface area contributed by atoms with Crippen LogP contribution in [0, 0.1) is 10.1 Å². The topological polar surface area (TPSA) is 78.7 Å². The van der Waals surface area contributed by atoms with Gasteiger partial charge in [-0.05, 0) is 24.3 Å². The summed E-state index contributed by atoms with van der Waals surface area (Å²) in [6, 6.07) is 15.0. The maximum atomic E-state index is 11.5. The second-order valence-corrected chi connectivity index (χ2v) is 5.28. The highest BCUT2D eigenvalue weighted by Gasteiger charge is 2.09. The molecule has 7 heteroatoms. The van der Waals surface area contributed by atoms with Crippen molar-refractivity contribution in [3.8, 4) is 5.75 Å². The molecule has 0 fully saturated rings. The molecule has 0 aromatic heterocycles. The van der Waals surface area contributed by atoms with Gasteiger partial charge in [-0.15, -0.1) is 11.8 Å². The Hall–Kier alpha value is -2.54. The number of nitro groups is 1. The Kier molecular flexibility index (Phi) is 5.79. The van der Waals surface area contributed by atoms with Crippen LogP contribution in [0.3, 0.4) is 0 Å². The van der Waals surface area contributed by atoms with Gasteiger partial charge in [0.1, 0.15) is 12.4 Å². The van der Waals surface area contributed by atoms with E-state index in [1.54, 1.807) is 11.8 Å². The number of hydrogen-bond acceptors (Lipinski definition) is 6. The van der Waals surface area contributed by atoms with Gasteiger partial charge >= 0.3 is 6.16 Å². The second-order valence-electron chi connectivity index (χ2n) is 4.11. The van der Waals surface area contributed by atoms with Crippen molar-refractivity contribution in [3.63, 3.8) is 0 Å². The van der Waals surface area contributed by atoms with E-state index in [2.05, 4.69) is 0 Å². The molecular weight excluding hydrogens is 306 g/mol. The van der Waals surface area contributed by atoms with E-state index in [0.29, 0.717) is 5.75 Å². The Balaban J connectivity index is 1.70. The quantitative estimate of drug-likeness (QED) is 0.201. The predicted octanol–water partition coefficient (Wildman–Crippen LogP) is 3.90. The summed E-state index contributed by atoms with van der Waals surface area (Å²) < 4.78 is 9.84. The number of ether oxygens (including phenoxy) is 2. The lowest BCUT2D eigenvalue weighted by Gasteiger charge is -2.05. The Morgan fingerprint density at radius 1 is 1.09 bits per heavy atom. The van der Waals surface area contributed by atoms with E-state index in [1.807, 2.05) is 30.3 Å². The molecule has 0 bridgehead atoms. The fourth-order valence-electron chi connectivity index (χ4n) is 1.56. The zero-order chi connectivity index (χ0) is 15.8. The number of benzene rings is 2. The summed E-state index contributed by atoms with van der Waals surface area (Å²) >= 11 is 1.57. The normalized spacial score (nSPS) is 10.0. The minimum atomic E-state index is -0.831. The van der Waals surface area contributed by atoms with Crippen LogP contribution in [0.5, 0.6) is 5.75 Å². The zero-order valence-electron chi connectivity index (χ0n) is 11.5. The van der Waals surface area contributed by atoms with Gasteiger partial charge < -0.3 is 9.47 Å². The molecule has 0 spiro atoms. The lowest BCUT2D eigenvalue weighted by atomic mass is 10.3. The van der Waals surface area contributed by atoms with Crippen molar-refractivity contribution in [1.82, 2.24) is 0 Å². The number of nitro benzene ring substituents is 1. The van der Waals surface area contributed by atoms with Crippen molar-refractivity contribution in [2.24, 2.45) is 0 Å². The molecule has 0 aliphatic carbocycles. The third-order valence-corrected chi connectivity index (χ3v) is 3.54. The molecule has 114 valence electrons. The lowest BCUT2D eigenvalue weighted by molar-refractivity contribution is -0.384. The van der Waals surface area contributed by atoms with Crippen LogP contribution < -0.4 is 4.74 Å². The molecule has 0 aliphatic heterocycles. The molecule has 0 N–H and O–H groups in total. The molecule has 2 aromatic carbocycles. The van der Waals surface area contributed by atoms with Crippen LogP contribution in [0.15, 0.2) is 59.5 Å². The number of thioether (sulfide) groups is 1. The largest absolute Gasteiger partial charge is 0.513 e. The molecule has 0 saturated heterocycles. The smallest absolute Gasteiger partial charge is 0.433 e. The van der Waals surface area contributed by atoms with Gasteiger partial charge in [-0.25, -0.2) is 4.79 Å².